The van der Waals surface area contributed by atoms with Crippen molar-refractivity contribution in [3.05, 3.63) is 64.7 Å². The van der Waals surface area contributed by atoms with Crippen molar-refractivity contribution in [2.75, 3.05) is 26.7 Å². The molecule has 0 atom stereocenters. The Labute approximate surface area is 188 Å². The Morgan fingerprint density at radius 2 is 1.77 bits per heavy atom. The average molecular weight is 442 g/mol. The molecular formula is C24H28ClN3O3. The van der Waals surface area contributed by atoms with Crippen LogP contribution >= 0.6 is 11.6 Å². The van der Waals surface area contributed by atoms with Gasteiger partial charge in [-0.25, -0.2) is 4.79 Å². The quantitative estimate of drug-likeness (QED) is 0.631. The lowest BCUT2D eigenvalue weighted by molar-refractivity contribution is -0.136. The maximum Gasteiger partial charge on any atom is 0.327 e. The number of carbonyl (C=O) groups excluding carboxylic acids is 2. The number of halogens is 1. The molecule has 4 rings (SSSR count). The molecule has 0 aliphatic carbocycles. The van der Waals surface area contributed by atoms with Crippen molar-refractivity contribution in [1.29, 1.82) is 0 Å². The van der Waals surface area contributed by atoms with Gasteiger partial charge in [0.1, 0.15) is 11.3 Å². The van der Waals surface area contributed by atoms with Gasteiger partial charge < -0.3 is 9.64 Å². The maximum atomic E-state index is 13.5. The first kappa shape index (κ1) is 21.7. The van der Waals surface area contributed by atoms with Gasteiger partial charge in [-0.1, -0.05) is 41.9 Å². The van der Waals surface area contributed by atoms with E-state index in [0.717, 1.165) is 35.8 Å². The van der Waals surface area contributed by atoms with Crippen molar-refractivity contribution in [3.8, 4) is 5.75 Å². The first-order chi connectivity index (χ1) is 15.0. The molecule has 164 valence electrons. The summed E-state index contributed by atoms with van der Waals surface area (Å²) >= 11 is 6.32. The number of methoxy groups -OCH3 is 1. The molecule has 2 heterocycles. The molecule has 2 saturated heterocycles. The largest absolute Gasteiger partial charge is 0.497 e. The summed E-state index contributed by atoms with van der Waals surface area (Å²) in [6.45, 7) is 4.96. The van der Waals surface area contributed by atoms with Gasteiger partial charge >= 0.3 is 6.03 Å². The van der Waals surface area contributed by atoms with Crippen molar-refractivity contribution < 1.29 is 14.3 Å². The topological polar surface area (TPSA) is 53.1 Å². The molecule has 31 heavy (non-hydrogen) atoms. The standard InChI is InChI=1S/C24H28ClN3O3/c1-3-28-23(30)27(16-18-7-6-9-20(15-18)31-2)22(29)24(28)11-13-26(14-12-24)17-19-8-4-5-10-21(19)25/h4-10,15H,3,11-14,16-17H2,1-2H3. The zero-order valence-corrected chi connectivity index (χ0v) is 18.8. The number of hydrogen-bond donors (Lipinski definition) is 0. The summed E-state index contributed by atoms with van der Waals surface area (Å²) in [7, 11) is 1.61. The second-order valence-electron chi connectivity index (χ2n) is 8.17. The fourth-order valence-electron chi connectivity index (χ4n) is 4.75. The van der Waals surface area contributed by atoms with Gasteiger partial charge in [0.15, 0.2) is 0 Å². The molecule has 2 fully saturated rings. The van der Waals surface area contributed by atoms with Gasteiger partial charge in [-0.3, -0.25) is 14.6 Å². The van der Waals surface area contributed by atoms with Gasteiger partial charge in [0, 0.05) is 31.2 Å². The van der Waals surface area contributed by atoms with Crippen LogP contribution in [0.15, 0.2) is 48.5 Å². The summed E-state index contributed by atoms with van der Waals surface area (Å²) in [5, 5.41) is 0.759. The Hall–Kier alpha value is -2.57. The Morgan fingerprint density at radius 1 is 1.03 bits per heavy atom. The van der Waals surface area contributed by atoms with E-state index in [-0.39, 0.29) is 18.5 Å². The van der Waals surface area contributed by atoms with Gasteiger partial charge in [-0.15, -0.1) is 0 Å². The summed E-state index contributed by atoms with van der Waals surface area (Å²) in [5.74, 6) is 0.631. The highest BCUT2D eigenvalue weighted by molar-refractivity contribution is 6.31. The number of imide groups is 1. The third-order valence-corrected chi connectivity index (χ3v) is 6.82. The van der Waals surface area contributed by atoms with E-state index in [1.807, 2.05) is 55.5 Å². The molecule has 2 aliphatic rings. The third-order valence-electron chi connectivity index (χ3n) is 6.45. The molecule has 2 aliphatic heterocycles. The van der Waals surface area contributed by atoms with Crippen molar-refractivity contribution in [2.24, 2.45) is 0 Å². The number of piperidine rings is 1. The van der Waals surface area contributed by atoms with Crippen molar-refractivity contribution in [1.82, 2.24) is 14.7 Å². The maximum absolute atomic E-state index is 13.5. The third kappa shape index (κ3) is 4.02. The summed E-state index contributed by atoms with van der Waals surface area (Å²) in [6.07, 6.45) is 1.26. The lowest BCUT2D eigenvalue weighted by Crippen LogP contribution is -2.56. The minimum atomic E-state index is -0.748. The Bertz CT molecular complexity index is 972. The van der Waals surface area contributed by atoms with E-state index < -0.39 is 5.54 Å². The van der Waals surface area contributed by atoms with Crippen LogP contribution in [0.4, 0.5) is 4.79 Å². The Morgan fingerprint density at radius 3 is 2.45 bits per heavy atom. The number of carbonyl (C=O) groups is 2. The smallest absolute Gasteiger partial charge is 0.327 e. The van der Waals surface area contributed by atoms with Gasteiger partial charge in [-0.05, 0) is 49.1 Å². The Kier molecular flexibility index (Phi) is 6.21. The highest BCUT2D eigenvalue weighted by atomic mass is 35.5. The van der Waals surface area contributed by atoms with E-state index in [4.69, 9.17) is 16.3 Å². The molecule has 0 saturated carbocycles. The number of likely N-dealkylation sites (tertiary alicyclic amines) is 1. The van der Waals surface area contributed by atoms with Gasteiger partial charge in [0.25, 0.3) is 5.91 Å². The highest BCUT2D eigenvalue weighted by Crippen LogP contribution is 2.38. The molecule has 0 N–H and O–H groups in total. The first-order valence-corrected chi connectivity index (χ1v) is 11.1. The second kappa shape index (κ2) is 8.89. The number of hydrogen-bond acceptors (Lipinski definition) is 4. The number of rotatable bonds is 6. The number of ether oxygens (including phenoxy) is 1. The van der Waals surface area contributed by atoms with Crippen LogP contribution in [-0.4, -0.2) is 58.9 Å². The lowest BCUT2D eigenvalue weighted by Gasteiger charge is -2.42. The predicted octanol–water partition coefficient (Wildman–Crippen LogP) is 4.17. The number of benzene rings is 2. The zero-order chi connectivity index (χ0) is 22.0. The summed E-state index contributed by atoms with van der Waals surface area (Å²) in [5.41, 5.74) is 1.22. The molecule has 6 nitrogen and oxygen atoms in total. The number of nitrogens with zero attached hydrogens (tertiary/aromatic N) is 3. The monoisotopic (exact) mass is 441 g/mol. The van der Waals surface area contributed by atoms with Crippen molar-refractivity contribution >= 4 is 23.5 Å². The zero-order valence-electron chi connectivity index (χ0n) is 18.0. The predicted molar refractivity (Wildman–Crippen MR) is 120 cm³/mol. The van der Waals surface area contributed by atoms with E-state index in [1.54, 1.807) is 12.0 Å². The Balaban J connectivity index is 1.49. The minimum absolute atomic E-state index is 0.0837. The van der Waals surface area contributed by atoms with Crippen LogP contribution < -0.4 is 4.74 Å². The van der Waals surface area contributed by atoms with Gasteiger partial charge in [0.05, 0.1) is 13.7 Å². The van der Waals surface area contributed by atoms with Crippen LogP contribution in [0.1, 0.15) is 30.9 Å². The molecule has 2 aromatic rings. The summed E-state index contributed by atoms with van der Waals surface area (Å²) in [6, 6.07) is 15.2. The summed E-state index contributed by atoms with van der Waals surface area (Å²) < 4.78 is 5.28. The van der Waals surface area contributed by atoms with Crippen LogP contribution in [0.3, 0.4) is 0 Å². The van der Waals surface area contributed by atoms with Crippen molar-refractivity contribution in [2.45, 2.75) is 38.4 Å². The molecule has 0 radical (unpaired) electrons. The molecule has 2 aromatic carbocycles. The first-order valence-electron chi connectivity index (χ1n) is 10.7. The number of urea groups is 1. The molecule has 7 heteroatoms. The molecule has 0 bridgehead atoms. The van der Waals surface area contributed by atoms with Crippen LogP contribution in [0, 0.1) is 0 Å². The van der Waals surface area contributed by atoms with E-state index >= 15 is 0 Å². The molecule has 3 amide bonds. The second-order valence-corrected chi connectivity index (χ2v) is 8.58. The van der Waals surface area contributed by atoms with E-state index in [9.17, 15) is 9.59 Å². The lowest BCUT2D eigenvalue weighted by atomic mass is 9.85. The SMILES string of the molecule is CCN1C(=O)N(Cc2cccc(OC)c2)C(=O)C12CCN(Cc1ccccc1Cl)CC2. The van der Waals surface area contributed by atoms with Crippen LogP contribution in [0.2, 0.25) is 5.02 Å². The molecular weight excluding hydrogens is 414 g/mol. The van der Waals surface area contributed by atoms with Gasteiger partial charge in [-0.2, -0.15) is 0 Å². The van der Waals surface area contributed by atoms with Gasteiger partial charge in [0.2, 0.25) is 0 Å². The van der Waals surface area contributed by atoms with E-state index in [2.05, 4.69) is 4.90 Å². The van der Waals surface area contributed by atoms with Crippen molar-refractivity contribution in [3.63, 3.8) is 0 Å². The fraction of sp³-hybridized carbons (Fsp3) is 0.417. The minimum Gasteiger partial charge on any atom is -0.497 e. The highest BCUT2D eigenvalue weighted by Gasteiger charge is 2.57. The van der Waals surface area contributed by atoms with E-state index in [1.165, 1.54) is 4.90 Å². The number of likely N-dealkylation sites (N-methyl/N-ethyl adjacent to an activating group) is 1. The molecule has 1 spiro atoms. The fourth-order valence-corrected chi connectivity index (χ4v) is 4.94. The molecule has 0 unspecified atom stereocenters. The number of amides is 3. The average Bonchev–Trinajstić information content (AvgIpc) is 2.98. The normalized spacial score (nSPS) is 18.8. The van der Waals surface area contributed by atoms with Crippen LogP contribution in [-0.2, 0) is 17.9 Å². The van der Waals surface area contributed by atoms with E-state index in [0.29, 0.717) is 25.1 Å². The van der Waals surface area contributed by atoms with Crippen LogP contribution in [0.5, 0.6) is 5.75 Å². The molecule has 0 aromatic heterocycles. The summed E-state index contributed by atoms with van der Waals surface area (Å²) in [4.78, 5) is 32.2. The van der Waals surface area contributed by atoms with Crippen LogP contribution in [0.25, 0.3) is 0 Å².